The molecular weight excluding hydrogens is 553 g/mol. The number of alkyl halides is 3. The summed E-state index contributed by atoms with van der Waals surface area (Å²) in [5.41, 5.74) is 0.796. The predicted molar refractivity (Wildman–Crippen MR) is 144 cm³/mol. The molecule has 12 heteroatoms. The smallest absolute Gasteiger partial charge is 0.416 e. The third kappa shape index (κ3) is 8.13. The molecule has 0 bridgehead atoms. The zero-order valence-electron chi connectivity index (χ0n) is 21.3. The first-order valence-corrected chi connectivity index (χ1v) is 14.4. The molecular formula is C27H27F3N2O5S2. The summed E-state index contributed by atoms with van der Waals surface area (Å²) in [7, 11) is -3.83. The van der Waals surface area contributed by atoms with Crippen molar-refractivity contribution in [1.29, 1.82) is 0 Å². The van der Waals surface area contributed by atoms with Crippen LogP contribution in [0.3, 0.4) is 0 Å². The number of benzene rings is 3. The Balaban J connectivity index is 1.68. The second-order valence-corrected chi connectivity index (χ2v) is 11.7. The van der Waals surface area contributed by atoms with Crippen molar-refractivity contribution in [2.75, 3.05) is 25.4 Å². The second-order valence-electron chi connectivity index (χ2n) is 8.56. The number of halogens is 3. The van der Waals surface area contributed by atoms with Crippen LogP contribution in [0.5, 0.6) is 5.75 Å². The minimum absolute atomic E-state index is 0.0633. The van der Waals surface area contributed by atoms with Gasteiger partial charge in [0.25, 0.3) is 0 Å². The van der Waals surface area contributed by atoms with Crippen LogP contribution in [0.2, 0.25) is 0 Å². The van der Waals surface area contributed by atoms with Crippen molar-refractivity contribution in [2.24, 2.45) is 5.18 Å². The molecule has 0 saturated heterocycles. The fraction of sp³-hybridized carbons (Fsp3) is 0.296. The first-order chi connectivity index (χ1) is 18.5. The largest absolute Gasteiger partial charge is 0.483 e. The van der Waals surface area contributed by atoms with Crippen molar-refractivity contribution in [3.05, 3.63) is 82.8 Å². The third-order valence-corrected chi connectivity index (χ3v) is 8.58. The van der Waals surface area contributed by atoms with Crippen molar-refractivity contribution in [3.63, 3.8) is 0 Å². The number of nitroso groups, excluding NO2 is 1. The van der Waals surface area contributed by atoms with E-state index in [1.165, 1.54) is 46.4 Å². The number of nitrogens with zero attached hydrogens (tertiary/aromatic N) is 2. The maximum atomic E-state index is 13.3. The number of carbonyl (C=O) groups is 1. The molecule has 208 valence electrons. The molecule has 3 aromatic rings. The molecule has 1 amide bonds. The van der Waals surface area contributed by atoms with E-state index in [4.69, 9.17) is 4.74 Å². The lowest BCUT2D eigenvalue weighted by Crippen LogP contribution is -2.33. The molecule has 0 saturated carbocycles. The van der Waals surface area contributed by atoms with Gasteiger partial charge in [0.2, 0.25) is 10.0 Å². The molecule has 7 nitrogen and oxygen atoms in total. The number of amides is 1. The third-order valence-electron chi connectivity index (χ3n) is 5.70. The molecule has 3 aromatic carbocycles. The normalized spacial score (nSPS) is 11.9. The number of hydrogen-bond acceptors (Lipinski definition) is 6. The van der Waals surface area contributed by atoms with E-state index in [9.17, 15) is 31.3 Å². The summed E-state index contributed by atoms with van der Waals surface area (Å²) in [6, 6.07) is 16.0. The van der Waals surface area contributed by atoms with E-state index < -0.39 is 34.3 Å². The Kier molecular flexibility index (Phi) is 10.3. The van der Waals surface area contributed by atoms with Gasteiger partial charge in [-0.2, -0.15) is 17.5 Å². The van der Waals surface area contributed by atoms with Gasteiger partial charge in [-0.05, 0) is 72.5 Å². The molecule has 0 radical (unpaired) electrons. The highest BCUT2D eigenvalue weighted by atomic mass is 32.2. The van der Waals surface area contributed by atoms with Crippen LogP contribution in [0.25, 0.3) is 11.1 Å². The number of sulfonamides is 1. The molecule has 0 aliphatic rings. The molecule has 0 atom stereocenters. The number of ether oxygens (including phenoxy) is 1. The van der Waals surface area contributed by atoms with Gasteiger partial charge in [-0.3, -0.25) is 4.79 Å². The lowest BCUT2D eigenvalue weighted by molar-refractivity contribution is -0.137. The van der Waals surface area contributed by atoms with Crippen molar-refractivity contribution < 1.29 is 31.1 Å². The van der Waals surface area contributed by atoms with Crippen LogP contribution in [0.4, 0.5) is 13.2 Å². The van der Waals surface area contributed by atoms with Gasteiger partial charge in [0, 0.05) is 28.9 Å². The zero-order valence-corrected chi connectivity index (χ0v) is 22.9. The van der Waals surface area contributed by atoms with E-state index in [2.05, 4.69) is 5.18 Å². The quantitative estimate of drug-likeness (QED) is 0.178. The van der Waals surface area contributed by atoms with Crippen molar-refractivity contribution >= 4 is 27.7 Å². The highest BCUT2D eigenvalue weighted by Crippen LogP contribution is 2.33. The van der Waals surface area contributed by atoms with Gasteiger partial charge in [-0.1, -0.05) is 31.2 Å². The molecule has 0 aromatic heterocycles. The summed E-state index contributed by atoms with van der Waals surface area (Å²) < 4.78 is 72.6. The minimum Gasteiger partial charge on any atom is -0.483 e. The average Bonchev–Trinajstić information content (AvgIpc) is 2.91. The van der Waals surface area contributed by atoms with E-state index in [1.807, 2.05) is 13.0 Å². The molecule has 0 fully saturated rings. The highest BCUT2D eigenvalue weighted by molar-refractivity contribution is 7.99. The maximum Gasteiger partial charge on any atom is 0.416 e. The summed E-state index contributed by atoms with van der Waals surface area (Å²) >= 11 is 1.45. The monoisotopic (exact) mass is 580 g/mol. The van der Waals surface area contributed by atoms with Gasteiger partial charge in [0.1, 0.15) is 5.75 Å². The number of rotatable bonds is 12. The van der Waals surface area contributed by atoms with Crippen molar-refractivity contribution in [3.8, 4) is 16.9 Å². The van der Waals surface area contributed by atoms with Crippen LogP contribution in [0.1, 0.15) is 24.5 Å². The van der Waals surface area contributed by atoms with Crippen LogP contribution >= 0.6 is 11.8 Å². The summed E-state index contributed by atoms with van der Waals surface area (Å²) in [6.07, 6.45) is -3.87. The van der Waals surface area contributed by atoms with E-state index in [0.717, 1.165) is 22.6 Å². The Morgan fingerprint density at radius 2 is 1.72 bits per heavy atom. The van der Waals surface area contributed by atoms with Crippen LogP contribution in [-0.4, -0.2) is 44.1 Å². The molecule has 0 N–H and O–H groups in total. The Morgan fingerprint density at radius 1 is 1.00 bits per heavy atom. The Bertz CT molecular complexity index is 1410. The molecule has 0 aliphatic carbocycles. The summed E-state index contributed by atoms with van der Waals surface area (Å²) in [5, 5.41) is 2.28. The van der Waals surface area contributed by atoms with Crippen molar-refractivity contribution in [2.45, 2.75) is 36.2 Å². The first-order valence-electron chi connectivity index (χ1n) is 12.0. The first kappa shape index (κ1) is 30.3. The SMILES string of the molecule is CCCN(CCSc1ccc(OCC(=O)N=O)c(C)c1)S(=O)(=O)c1ccc(-c2cccc(C(F)(F)F)c2)cc1. The van der Waals surface area contributed by atoms with Gasteiger partial charge in [0.15, 0.2) is 6.61 Å². The zero-order chi connectivity index (χ0) is 28.6. The maximum absolute atomic E-state index is 13.3. The lowest BCUT2D eigenvalue weighted by atomic mass is 10.0. The Hall–Kier alpha value is -3.22. The Morgan fingerprint density at radius 3 is 2.33 bits per heavy atom. The summed E-state index contributed by atoms with van der Waals surface area (Å²) in [4.78, 5) is 22.2. The van der Waals surface area contributed by atoms with E-state index in [0.29, 0.717) is 35.6 Å². The molecule has 3 rings (SSSR count). The van der Waals surface area contributed by atoms with Gasteiger partial charge in [0.05, 0.1) is 10.5 Å². The predicted octanol–water partition coefficient (Wildman–Crippen LogP) is 6.55. The fourth-order valence-electron chi connectivity index (χ4n) is 3.75. The standard InChI is InChI=1S/C27H27F3N2O5S2/c1-3-13-32(14-15-38-23-9-12-25(19(2)16-23)37-18-26(33)31-34)39(35,36)24-10-7-20(8-11-24)21-5-4-6-22(17-21)27(28,29)30/h4-12,16-17H,3,13-15,18H2,1-2H3. The Labute approximate surface area is 229 Å². The van der Waals surface area contributed by atoms with Crippen LogP contribution < -0.4 is 4.74 Å². The van der Waals surface area contributed by atoms with E-state index in [-0.39, 0.29) is 11.4 Å². The molecule has 39 heavy (non-hydrogen) atoms. The van der Waals surface area contributed by atoms with Gasteiger partial charge in [-0.25, -0.2) is 8.42 Å². The van der Waals surface area contributed by atoms with Crippen molar-refractivity contribution in [1.82, 2.24) is 4.31 Å². The van der Waals surface area contributed by atoms with E-state index in [1.54, 1.807) is 25.1 Å². The molecule has 0 heterocycles. The number of aryl methyl sites for hydroxylation is 1. The van der Waals surface area contributed by atoms with E-state index >= 15 is 0 Å². The highest BCUT2D eigenvalue weighted by Gasteiger charge is 2.30. The summed E-state index contributed by atoms with van der Waals surface area (Å²) in [5.74, 6) is 0.00449. The molecule has 0 spiro atoms. The molecule has 0 unspecified atom stereocenters. The lowest BCUT2D eigenvalue weighted by Gasteiger charge is -2.22. The average molecular weight is 581 g/mol. The van der Waals surface area contributed by atoms with Gasteiger partial charge >= 0.3 is 12.1 Å². The molecule has 0 aliphatic heterocycles. The van der Waals surface area contributed by atoms with Gasteiger partial charge < -0.3 is 4.74 Å². The minimum atomic E-state index is -4.47. The summed E-state index contributed by atoms with van der Waals surface area (Å²) in [6.45, 7) is 3.77. The van der Waals surface area contributed by atoms with Crippen LogP contribution in [-0.2, 0) is 21.0 Å². The topological polar surface area (TPSA) is 93.1 Å². The second kappa shape index (κ2) is 13.2. The number of thioether (sulfide) groups is 1. The fourth-order valence-corrected chi connectivity index (χ4v) is 6.37. The van der Waals surface area contributed by atoms with Crippen LogP contribution in [0, 0.1) is 11.8 Å². The number of hydrogen-bond donors (Lipinski definition) is 0. The number of carbonyl (C=O) groups excluding carboxylic acids is 1. The van der Waals surface area contributed by atoms with Gasteiger partial charge in [-0.15, -0.1) is 16.7 Å². The van der Waals surface area contributed by atoms with Crippen LogP contribution in [0.15, 0.2) is 81.7 Å².